The molecule has 150 valence electrons. The van der Waals surface area contributed by atoms with Gasteiger partial charge in [0, 0.05) is 18.7 Å². The molecule has 0 radical (unpaired) electrons. The Morgan fingerprint density at radius 3 is 2.46 bits per heavy atom. The van der Waals surface area contributed by atoms with Crippen LogP contribution < -0.4 is 11.1 Å². The van der Waals surface area contributed by atoms with Gasteiger partial charge in [-0.15, -0.1) is 0 Å². The molecule has 0 unspecified atom stereocenters. The molecule has 3 N–H and O–H groups in total. The van der Waals surface area contributed by atoms with Crippen LogP contribution in [0.15, 0.2) is 30.3 Å². The van der Waals surface area contributed by atoms with Gasteiger partial charge in [0.15, 0.2) is 5.69 Å². The lowest BCUT2D eigenvalue weighted by Gasteiger charge is -2.28. The van der Waals surface area contributed by atoms with Crippen LogP contribution in [-0.2, 0) is 17.9 Å². The van der Waals surface area contributed by atoms with Crippen molar-refractivity contribution in [1.82, 2.24) is 19.8 Å². The Morgan fingerprint density at radius 1 is 1.18 bits per heavy atom. The van der Waals surface area contributed by atoms with E-state index in [-0.39, 0.29) is 5.91 Å². The fourth-order valence-corrected chi connectivity index (χ4v) is 3.62. The molecule has 1 aromatic heterocycles. The maximum absolute atomic E-state index is 13.1. The van der Waals surface area contributed by atoms with Crippen molar-refractivity contribution in [3.63, 3.8) is 0 Å². The lowest BCUT2D eigenvalue weighted by atomic mass is 9.86. The first-order valence-corrected chi connectivity index (χ1v) is 9.62. The zero-order valence-electron chi connectivity index (χ0n) is 17.0. The molecule has 2 heterocycles. The van der Waals surface area contributed by atoms with Gasteiger partial charge in [0.25, 0.3) is 5.91 Å². The number of aromatic nitrogens is 2. The Hall–Kier alpha value is -2.67. The number of amides is 2. The van der Waals surface area contributed by atoms with Crippen LogP contribution in [0.2, 0.25) is 0 Å². The van der Waals surface area contributed by atoms with Crippen molar-refractivity contribution in [2.45, 2.75) is 46.3 Å². The molecule has 2 aromatic rings. The van der Waals surface area contributed by atoms with Crippen molar-refractivity contribution in [2.75, 3.05) is 13.6 Å². The topological polar surface area (TPSA) is 93.2 Å². The highest BCUT2D eigenvalue weighted by Crippen LogP contribution is 2.27. The van der Waals surface area contributed by atoms with Crippen molar-refractivity contribution < 1.29 is 9.59 Å². The number of carbonyl (C=O) groups excluding carboxylic acids is 2. The standard InChI is InChI=1S/C21H29N5O2/c1-21(2,3)17(18(22)27)24-20(28)16-15-13-25(4)11-8-12-26(15)19(23-16)14-9-6-5-7-10-14/h5-7,9-10,17H,8,11-13H2,1-4H3,(H2,22,27)(H,24,28)/t17-/m1/s1. The van der Waals surface area contributed by atoms with Crippen molar-refractivity contribution in [3.8, 4) is 11.4 Å². The summed E-state index contributed by atoms with van der Waals surface area (Å²) in [6.45, 7) is 7.99. The summed E-state index contributed by atoms with van der Waals surface area (Å²) in [5.74, 6) is -0.131. The van der Waals surface area contributed by atoms with Crippen molar-refractivity contribution in [1.29, 1.82) is 0 Å². The van der Waals surface area contributed by atoms with E-state index in [4.69, 9.17) is 10.7 Å². The van der Waals surface area contributed by atoms with Crippen LogP contribution in [0.1, 0.15) is 43.4 Å². The average molecular weight is 383 g/mol. The fourth-order valence-electron chi connectivity index (χ4n) is 3.62. The number of nitrogens with two attached hydrogens (primary N) is 1. The maximum Gasteiger partial charge on any atom is 0.272 e. The van der Waals surface area contributed by atoms with E-state index in [0.717, 1.165) is 36.6 Å². The van der Waals surface area contributed by atoms with Crippen LogP contribution in [0.3, 0.4) is 0 Å². The quantitative estimate of drug-likeness (QED) is 0.845. The molecule has 1 aliphatic rings. The van der Waals surface area contributed by atoms with Crippen molar-refractivity contribution >= 4 is 11.8 Å². The normalized spacial score (nSPS) is 16.1. The van der Waals surface area contributed by atoms with E-state index in [2.05, 4.69) is 14.8 Å². The van der Waals surface area contributed by atoms with Crippen molar-refractivity contribution in [3.05, 3.63) is 41.7 Å². The van der Waals surface area contributed by atoms with Crippen LogP contribution >= 0.6 is 0 Å². The molecule has 28 heavy (non-hydrogen) atoms. The monoisotopic (exact) mass is 383 g/mol. The summed E-state index contributed by atoms with van der Waals surface area (Å²) in [6.07, 6.45) is 0.979. The molecular formula is C21H29N5O2. The molecule has 2 amide bonds. The summed E-state index contributed by atoms with van der Waals surface area (Å²) in [5.41, 5.74) is 7.25. The molecule has 1 aromatic carbocycles. The number of carbonyl (C=O) groups is 2. The largest absolute Gasteiger partial charge is 0.368 e. The fraction of sp³-hybridized carbons (Fsp3) is 0.476. The van der Waals surface area contributed by atoms with E-state index < -0.39 is 17.4 Å². The number of rotatable bonds is 4. The van der Waals surface area contributed by atoms with Crippen molar-refractivity contribution in [2.24, 2.45) is 11.1 Å². The summed E-state index contributed by atoms with van der Waals surface area (Å²) in [5, 5.41) is 2.82. The van der Waals surface area contributed by atoms with E-state index >= 15 is 0 Å². The van der Waals surface area contributed by atoms with Gasteiger partial charge >= 0.3 is 0 Å². The van der Waals surface area contributed by atoms with Gasteiger partial charge in [-0.3, -0.25) is 9.59 Å². The Balaban J connectivity index is 2.04. The van der Waals surface area contributed by atoms with Gasteiger partial charge in [-0.25, -0.2) is 4.98 Å². The number of hydrogen-bond acceptors (Lipinski definition) is 4. The maximum atomic E-state index is 13.1. The van der Waals surface area contributed by atoms with E-state index in [0.29, 0.717) is 12.2 Å². The Labute approximate surface area is 165 Å². The molecular weight excluding hydrogens is 354 g/mol. The summed E-state index contributed by atoms with van der Waals surface area (Å²) < 4.78 is 2.13. The SMILES string of the molecule is CN1CCCn2c(-c3ccccc3)nc(C(=O)N[C@H](C(N)=O)C(C)(C)C)c2C1. The van der Waals surface area contributed by atoms with E-state index in [9.17, 15) is 9.59 Å². The zero-order chi connectivity index (χ0) is 20.5. The van der Waals surface area contributed by atoms with Gasteiger partial charge in [0.05, 0.1) is 5.69 Å². The van der Waals surface area contributed by atoms with Crippen LogP contribution in [0.4, 0.5) is 0 Å². The van der Waals surface area contributed by atoms with E-state index in [1.54, 1.807) is 0 Å². The van der Waals surface area contributed by atoms with Gasteiger partial charge in [-0.2, -0.15) is 0 Å². The minimum atomic E-state index is -0.777. The Kier molecular flexibility index (Phi) is 5.56. The second-order valence-corrected chi connectivity index (χ2v) is 8.51. The highest BCUT2D eigenvalue weighted by Gasteiger charge is 2.33. The summed E-state index contributed by atoms with van der Waals surface area (Å²) in [7, 11) is 2.04. The predicted molar refractivity (Wildman–Crippen MR) is 109 cm³/mol. The molecule has 0 spiro atoms. The Bertz CT molecular complexity index is 867. The minimum Gasteiger partial charge on any atom is -0.368 e. The molecule has 0 saturated carbocycles. The first-order valence-electron chi connectivity index (χ1n) is 9.62. The Morgan fingerprint density at radius 2 is 1.86 bits per heavy atom. The molecule has 0 bridgehead atoms. The van der Waals surface area contributed by atoms with Gasteiger partial charge in [-0.05, 0) is 25.4 Å². The predicted octanol–water partition coefficient (Wildman–Crippen LogP) is 2.02. The average Bonchev–Trinajstić information content (AvgIpc) is 2.86. The van der Waals surface area contributed by atoms with Crippen LogP contribution in [0.5, 0.6) is 0 Å². The lowest BCUT2D eigenvalue weighted by molar-refractivity contribution is -0.122. The zero-order valence-corrected chi connectivity index (χ0v) is 17.0. The van der Waals surface area contributed by atoms with E-state index in [1.807, 2.05) is 58.2 Å². The summed E-state index contributed by atoms with van der Waals surface area (Å²) >= 11 is 0. The van der Waals surface area contributed by atoms with Crippen LogP contribution in [-0.4, -0.2) is 45.9 Å². The van der Waals surface area contributed by atoms with Gasteiger partial charge in [-0.1, -0.05) is 51.1 Å². The molecule has 0 fully saturated rings. The number of imidazole rings is 1. The summed E-state index contributed by atoms with van der Waals surface area (Å²) in [4.78, 5) is 31.9. The number of benzene rings is 1. The molecule has 0 aliphatic carbocycles. The first kappa shape index (κ1) is 20.1. The third-order valence-electron chi connectivity index (χ3n) is 5.09. The third kappa shape index (κ3) is 4.09. The van der Waals surface area contributed by atoms with Gasteiger partial charge < -0.3 is 20.5 Å². The number of fused-ring (bicyclic) bond motifs is 1. The number of primary amides is 1. The molecule has 1 atom stereocenters. The third-order valence-corrected chi connectivity index (χ3v) is 5.09. The molecule has 1 aliphatic heterocycles. The van der Waals surface area contributed by atoms with Gasteiger partial charge in [0.1, 0.15) is 11.9 Å². The minimum absolute atomic E-state index is 0.361. The smallest absolute Gasteiger partial charge is 0.272 e. The number of nitrogens with one attached hydrogen (secondary N) is 1. The van der Waals surface area contributed by atoms with Crippen LogP contribution in [0, 0.1) is 5.41 Å². The highest BCUT2D eigenvalue weighted by atomic mass is 16.2. The first-order chi connectivity index (χ1) is 13.2. The molecule has 7 nitrogen and oxygen atoms in total. The molecule has 0 saturated heterocycles. The lowest BCUT2D eigenvalue weighted by Crippen LogP contribution is -2.52. The van der Waals surface area contributed by atoms with Crippen LogP contribution in [0.25, 0.3) is 11.4 Å². The second kappa shape index (κ2) is 7.75. The second-order valence-electron chi connectivity index (χ2n) is 8.51. The molecule has 7 heteroatoms. The summed E-state index contributed by atoms with van der Waals surface area (Å²) in [6, 6.07) is 9.09. The van der Waals surface area contributed by atoms with E-state index in [1.165, 1.54) is 0 Å². The number of nitrogens with zero attached hydrogens (tertiary/aromatic N) is 3. The highest BCUT2D eigenvalue weighted by molar-refractivity contribution is 5.97. The van der Waals surface area contributed by atoms with Gasteiger partial charge in [0.2, 0.25) is 5.91 Å². The molecule has 3 rings (SSSR count). The number of hydrogen-bond donors (Lipinski definition) is 2.